The number of fused-ring (bicyclic) bond motifs is 2. The van der Waals surface area contributed by atoms with Crippen LogP contribution in [0.15, 0.2) is 49.1 Å². The molecule has 172 valence electrons. The zero-order valence-corrected chi connectivity index (χ0v) is 19.6. The molecule has 9 nitrogen and oxygen atoms in total. The molecule has 5 aromatic heterocycles. The average Bonchev–Trinajstić information content (AvgIpc) is 3.48. The lowest BCUT2D eigenvalue weighted by molar-refractivity contribution is 0.313. The highest BCUT2D eigenvalue weighted by Gasteiger charge is 2.19. The molecule has 6 heterocycles. The fraction of sp³-hybridized carbons (Fsp3) is 0.280. The summed E-state index contributed by atoms with van der Waals surface area (Å²) in [6.07, 6.45) is 7.46. The normalized spacial score (nSPS) is 14.9. The minimum atomic E-state index is 0.751. The van der Waals surface area contributed by atoms with Gasteiger partial charge in [-0.3, -0.25) is 10.1 Å². The van der Waals surface area contributed by atoms with Gasteiger partial charge in [-0.1, -0.05) is 0 Å². The Morgan fingerprint density at radius 2 is 1.71 bits per heavy atom. The summed E-state index contributed by atoms with van der Waals surface area (Å²) in [4.78, 5) is 24.0. The molecule has 0 aliphatic carbocycles. The molecule has 0 unspecified atom stereocenters. The second-order valence-corrected chi connectivity index (χ2v) is 9.08. The lowest BCUT2D eigenvalue weighted by atomic mass is 10.1. The molecule has 0 aromatic carbocycles. The highest BCUT2D eigenvalue weighted by molar-refractivity contribution is 5.98. The Hall–Kier alpha value is -3.98. The topological polar surface area (TPSA) is 92.9 Å². The summed E-state index contributed by atoms with van der Waals surface area (Å²) < 4.78 is 0. The van der Waals surface area contributed by atoms with Crippen LogP contribution < -0.4 is 9.80 Å². The van der Waals surface area contributed by atoms with E-state index in [1.165, 1.54) is 5.69 Å². The third-order valence-corrected chi connectivity index (χ3v) is 6.60. The van der Waals surface area contributed by atoms with Gasteiger partial charge < -0.3 is 19.7 Å². The van der Waals surface area contributed by atoms with Gasteiger partial charge in [0.2, 0.25) is 0 Å². The van der Waals surface area contributed by atoms with E-state index >= 15 is 0 Å². The molecule has 6 rings (SSSR count). The van der Waals surface area contributed by atoms with Crippen LogP contribution in [-0.2, 0) is 0 Å². The first kappa shape index (κ1) is 20.6. The third-order valence-electron chi connectivity index (χ3n) is 6.60. The van der Waals surface area contributed by atoms with E-state index in [0.29, 0.717) is 0 Å². The minimum absolute atomic E-state index is 0.751. The summed E-state index contributed by atoms with van der Waals surface area (Å²) in [6.45, 7) is 4.14. The predicted molar refractivity (Wildman–Crippen MR) is 136 cm³/mol. The second kappa shape index (κ2) is 8.11. The Morgan fingerprint density at radius 1 is 0.882 bits per heavy atom. The van der Waals surface area contributed by atoms with Crippen LogP contribution in [0.3, 0.4) is 0 Å². The summed E-state index contributed by atoms with van der Waals surface area (Å²) in [5, 5.41) is 9.76. The number of piperazine rings is 1. The van der Waals surface area contributed by atoms with Crippen molar-refractivity contribution in [3.63, 3.8) is 0 Å². The van der Waals surface area contributed by atoms with E-state index in [0.717, 1.165) is 76.4 Å². The number of likely N-dealkylation sites (N-methyl/N-ethyl adjacent to an activating group) is 1. The predicted octanol–water partition coefficient (Wildman–Crippen LogP) is 3.38. The SMILES string of the molecule is CN1CCN(c2ccnc3[nH]c(-c4n[nH]c5ncc(-c6cncc(N(C)C)c6)cc45)cc23)CC1. The number of hydrogen-bond donors (Lipinski definition) is 2. The molecule has 0 bridgehead atoms. The van der Waals surface area contributed by atoms with Gasteiger partial charge in [0.1, 0.15) is 11.3 Å². The Morgan fingerprint density at radius 3 is 2.53 bits per heavy atom. The molecular formula is C25H27N9. The molecule has 1 saturated heterocycles. The first-order chi connectivity index (χ1) is 16.6. The van der Waals surface area contributed by atoms with Crippen molar-refractivity contribution in [1.29, 1.82) is 0 Å². The van der Waals surface area contributed by atoms with Crippen molar-refractivity contribution in [1.82, 2.24) is 35.0 Å². The zero-order chi connectivity index (χ0) is 23.2. The van der Waals surface area contributed by atoms with Crippen LogP contribution in [0.1, 0.15) is 0 Å². The van der Waals surface area contributed by atoms with E-state index in [1.54, 1.807) is 0 Å². The van der Waals surface area contributed by atoms with Crippen LogP contribution in [0, 0.1) is 0 Å². The van der Waals surface area contributed by atoms with Crippen LogP contribution in [0.4, 0.5) is 11.4 Å². The van der Waals surface area contributed by atoms with Crippen LogP contribution in [0.5, 0.6) is 0 Å². The first-order valence-corrected chi connectivity index (χ1v) is 11.5. The van der Waals surface area contributed by atoms with Crippen molar-refractivity contribution in [2.24, 2.45) is 0 Å². The van der Waals surface area contributed by atoms with Crippen LogP contribution in [-0.4, -0.2) is 82.4 Å². The number of anilines is 2. The van der Waals surface area contributed by atoms with Crippen molar-refractivity contribution in [2.75, 3.05) is 57.1 Å². The lowest BCUT2D eigenvalue weighted by Gasteiger charge is -2.34. The van der Waals surface area contributed by atoms with E-state index < -0.39 is 0 Å². The number of rotatable bonds is 4. The van der Waals surface area contributed by atoms with Crippen molar-refractivity contribution in [3.05, 3.63) is 49.1 Å². The maximum absolute atomic E-state index is 4.63. The van der Waals surface area contributed by atoms with E-state index in [-0.39, 0.29) is 0 Å². The number of aromatic amines is 2. The molecule has 0 amide bonds. The van der Waals surface area contributed by atoms with Crippen LogP contribution in [0.25, 0.3) is 44.6 Å². The van der Waals surface area contributed by atoms with Gasteiger partial charge in [-0.05, 0) is 31.3 Å². The molecule has 0 saturated carbocycles. The Labute approximate surface area is 197 Å². The van der Waals surface area contributed by atoms with Gasteiger partial charge in [0.15, 0.2) is 5.65 Å². The van der Waals surface area contributed by atoms with Gasteiger partial charge in [0, 0.05) is 86.5 Å². The molecule has 9 heteroatoms. The highest BCUT2D eigenvalue weighted by Crippen LogP contribution is 2.34. The number of hydrogen-bond acceptors (Lipinski definition) is 7. The number of H-pyrrole nitrogens is 2. The molecule has 2 N–H and O–H groups in total. The highest BCUT2D eigenvalue weighted by atomic mass is 15.2. The summed E-state index contributed by atoms with van der Waals surface area (Å²) in [7, 11) is 6.19. The van der Waals surface area contributed by atoms with E-state index in [9.17, 15) is 0 Å². The van der Waals surface area contributed by atoms with Crippen LogP contribution in [0.2, 0.25) is 0 Å². The fourth-order valence-electron chi connectivity index (χ4n) is 4.56. The van der Waals surface area contributed by atoms with E-state index in [1.807, 2.05) is 43.8 Å². The quantitative estimate of drug-likeness (QED) is 0.431. The van der Waals surface area contributed by atoms with Gasteiger partial charge in [0.25, 0.3) is 0 Å². The maximum atomic E-state index is 4.63. The molecule has 1 fully saturated rings. The average molecular weight is 454 g/mol. The lowest BCUT2D eigenvalue weighted by Crippen LogP contribution is -2.44. The van der Waals surface area contributed by atoms with E-state index in [4.69, 9.17) is 0 Å². The first-order valence-electron chi connectivity index (χ1n) is 11.5. The van der Waals surface area contributed by atoms with Gasteiger partial charge in [-0.15, -0.1) is 0 Å². The smallest absolute Gasteiger partial charge is 0.155 e. The van der Waals surface area contributed by atoms with E-state index in [2.05, 4.69) is 71.2 Å². The molecule has 0 atom stereocenters. The molecule has 0 spiro atoms. The number of pyridine rings is 3. The van der Waals surface area contributed by atoms with Gasteiger partial charge in [-0.25, -0.2) is 9.97 Å². The summed E-state index contributed by atoms with van der Waals surface area (Å²) in [5.74, 6) is 0. The zero-order valence-electron chi connectivity index (χ0n) is 19.6. The summed E-state index contributed by atoms with van der Waals surface area (Å²) in [6, 6.07) is 8.51. The molecule has 0 radical (unpaired) electrons. The minimum Gasteiger partial charge on any atom is -0.376 e. The Kier molecular flexibility index (Phi) is 4.91. The molecule has 34 heavy (non-hydrogen) atoms. The number of nitrogens with zero attached hydrogens (tertiary/aromatic N) is 7. The fourth-order valence-corrected chi connectivity index (χ4v) is 4.56. The van der Waals surface area contributed by atoms with Gasteiger partial charge in [-0.2, -0.15) is 5.10 Å². The number of nitrogens with one attached hydrogen (secondary N) is 2. The molecule has 1 aliphatic heterocycles. The molecule has 5 aromatic rings. The van der Waals surface area contributed by atoms with Crippen molar-refractivity contribution in [3.8, 4) is 22.5 Å². The molecular weight excluding hydrogens is 426 g/mol. The Bertz CT molecular complexity index is 1470. The van der Waals surface area contributed by atoms with Crippen molar-refractivity contribution >= 4 is 33.4 Å². The standard InChI is InChI=1S/C25H27N9/c1-32(2)18-10-16(13-26-15-18)17-11-20-23(30-31-25(20)28-14-17)21-12-19-22(4-5-27-24(19)29-21)34-8-6-33(3)7-9-34/h4-5,10-15H,6-9H2,1-3H3,(H,27,29)(H,28,30,31). The number of aromatic nitrogens is 6. The van der Waals surface area contributed by atoms with Crippen molar-refractivity contribution in [2.45, 2.75) is 0 Å². The Balaban J connectivity index is 1.42. The van der Waals surface area contributed by atoms with Gasteiger partial charge >= 0.3 is 0 Å². The monoisotopic (exact) mass is 453 g/mol. The summed E-state index contributed by atoms with van der Waals surface area (Å²) >= 11 is 0. The largest absolute Gasteiger partial charge is 0.376 e. The second-order valence-electron chi connectivity index (χ2n) is 9.08. The molecule has 1 aliphatic rings. The maximum Gasteiger partial charge on any atom is 0.155 e. The van der Waals surface area contributed by atoms with Gasteiger partial charge in [0.05, 0.1) is 17.6 Å². The third kappa shape index (κ3) is 3.54. The van der Waals surface area contributed by atoms with Crippen molar-refractivity contribution < 1.29 is 0 Å². The van der Waals surface area contributed by atoms with Crippen LogP contribution >= 0.6 is 0 Å². The summed E-state index contributed by atoms with van der Waals surface area (Å²) in [5.41, 5.74) is 7.66.